The maximum Gasteiger partial charge on any atom is 0.162 e. The third-order valence-corrected chi connectivity index (χ3v) is 3.43. The summed E-state index contributed by atoms with van der Waals surface area (Å²) in [6.07, 6.45) is 0.857. The van der Waals surface area contributed by atoms with Gasteiger partial charge >= 0.3 is 0 Å². The van der Waals surface area contributed by atoms with Gasteiger partial charge < -0.3 is 5.73 Å². The van der Waals surface area contributed by atoms with Crippen LogP contribution in [0.4, 0.5) is 5.82 Å². The number of benzene rings is 1. The van der Waals surface area contributed by atoms with Gasteiger partial charge in [0.1, 0.15) is 5.82 Å². The zero-order valence-electron chi connectivity index (χ0n) is 9.87. The van der Waals surface area contributed by atoms with E-state index in [1.54, 1.807) is 0 Å². The van der Waals surface area contributed by atoms with Gasteiger partial charge in [-0.1, -0.05) is 41.1 Å². The molecule has 0 fully saturated rings. The fourth-order valence-electron chi connectivity index (χ4n) is 1.69. The summed E-state index contributed by atoms with van der Waals surface area (Å²) in [5.74, 6) is 1.24. The molecule has 2 N–H and O–H groups in total. The van der Waals surface area contributed by atoms with Gasteiger partial charge in [0.2, 0.25) is 0 Å². The van der Waals surface area contributed by atoms with Crippen molar-refractivity contribution in [3.05, 3.63) is 40.0 Å². The van der Waals surface area contributed by atoms with E-state index in [0.29, 0.717) is 11.6 Å². The molecule has 2 rings (SSSR count). The van der Waals surface area contributed by atoms with Crippen molar-refractivity contribution in [2.45, 2.75) is 20.3 Å². The molecule has 0 atom stereocenters. The molecule has 0 radical (unpaired) electrons. The predicted octanol–water partition coefficient (Wildman–Crippen LogP) is 3.36. The lowest BCUT2D eigenvalue weighted by Gasteiger charge is -2.09. The van der Waals surface area contributed by atoms with Crippen molar-refractivity contribution in [3.8, 4) is 11.4 Å². The first-order chi connectivity index (χ1) is 8.13. The lowest BCUT2D eigenvalue weighted by molar-refractivity contribution is 0.981. The van der Waals surface area contributed by atoms with Crippen LogP contribution >= 0.6 is 15.9 Å². The lowest BCUT2D eigenvalue weighted by Crippen LogP contribution is -2.04. The summed E-state index contributed by atoms with van der Waals surface area (Å²) < 4.78 is 0.977. The first-order valence-electron chi connectivity index (χ1n) is 5.51. The fraction of sp³-hybridized carbons (Fsp3) is 0.231. The number of aryl methyl sites for hydroxylation is 1. The monoisotopic (exact) mass is 291 g/mol. The summed E-state index contributed by atoms with van der Waals surface area (Å²) in [6.45, 7) is 4.02. The van der Waals surface area contributed by atoms with Gasteiger partial charge in [0, 0.05) is 21.3 Å². The third-order valence-electron chi connectivity index (χ3n) is 2.73. The molecule has 0 aliphatic heterocycles. The minimum atomic E-state index is 0.558. The molecule has 3 nitrogen and oxygen atoms in total. The van der Waals surface area contributed by atoms with Gasteiger partial charge in [-0.25, -0.2) is 9.97 Å². The summed E-state index contributed by atoms with van der Waals surface area (Å²) in [7, 11) is 0. The van der Waals surface area contributed by atoms with E-state index in [1.807, 2.05) is 31.2 Å². The van der Waals surface area contributed by atoms with E-state index >= 15 is 0 Å². The van der Waals surface area contributed by atoms with Crippen molar-refractivity contribution in [1.82, 2.24) is 9.97 Å². The second-order valence-electron chi connectivity index (χ2n) is 3.84. The zero-order chi connectivity index (χ0) is 12.4. The van der Waals surface area contributed by atoms with Crippen molar-refractivity contribution in [3.63, 3.8) is 0 Å². The summed E-state index contributed by atoms with van der Waals surface area (Å²) >= 11 is 3.50. The topological polar surface area (TPSA) is 51.8 Å². The molecule has 88 valence electrons. The third kappa shape index (κ3) is 2.31. The van der Waals surface area contributed by atoms with Crippen LogP contribution in [0.15, 0.2) is 28.7 Å². The lowest BCUT2D eigenvalue weighted by atomic mass is 10.1. The average Bonchev–Trinajstić information content (AvgIpc) is 2.33. The Morgan fingerprint density at radius 2 is 1.94 bits per heavy atom. The zero-order valence-corrected chi connectivity index (χ0v) is 11.5. The average molecular weight is 292 g/mol. The van der Waals surface area contributed by atoms with Crippen molar-refractivity contribution in [2.75, 3.05) is 5.73 Å². The maximum atomic E-state index is 5.92. The minimum Gasteiger partial charge on any atom is -0.383 e. The first-order valence-corrected chi connectivity index (χ1v) is 6.30. The van der Waals surface area contributed by atoms with Crippen LogP contribution in [0.2, 0.25) is 0 Å². The molecule has 4 heteroatoms. The van der Waals surface area contributed by atoms with Crippen molar-refractivity contribution in [2.24, 2.45) is 0 Å². The second-order valence-corrected chi connectivity index (χ2v) is 4.69. The first kappa shape index (κ1) is 12.0. The molecule has 17 heavy (non-hydrogen) atoms. The molecule has 0 unspecified atom stereocenters. The van der Waals surface area contributed by atoms with E-state index in [1.165, 1.54) is 0 Å². The number of rotatable bonds is 2. The molecule has 0 saturated carbocycles. The quantitative estimate of drug-likeness (QED) is 0.923. The van der Waals surface area contributed by atoms with E-state index < -0.39 is 0 Å². The van der Waals surface area contributed by atoms with Crippen LogP contribution in [0.5, 0.6) is 0 Å². The van der Waals surface area contributed by atoms with Gasteiger partial charge in [0.15, 0.2) is 5.82 Å². The minimum absolute atomic E-state index is 0.558. The van der Waals surface area contributed by atoms with Gasteiger partial charge in [-0.15, -0.1) is 0 Å². The summed E-state index contributed by atoms with van der Waals surface area (Å²) in [5.41, 5.74) is 8.86. The number of anilines is 1. The van der Waals surface area contributed by atoms with E-state index in [-0.39, 0.29) is 0 Å². The molecule has 0 bridgehead atoms. The fourth-order valence-corrected chi connectivity index (χ4v) is 2.15. The van der Waals surface area contributed by atoms with Gasteiger partial charge in [0.25, 0.3) is 0 Å². The number of hydrogen-bond donors (Lipinski definition) is 1. The molecule has 1 aromatic heterocycles. The molecule has 0 aliphatic rings. The Kier molecular flexibility index (Phi) is 3.43. The van der Waals surface area contributed by atoms with Crippen molar-refractivity contribution < 1.29 is 0 Å². The van der Waals surface area contributed by atoms with Crippen LogP contribution in [0.1, 0.15) is 18.2 Å². The summed E-state index contributed by atoms with van der Waals surface area (Å²) in [5, 5.41) is 0. The van der Waals surface area contributed by atoms with Crippen LogP contribution in [0, 0.1) is 6.92 Å². The number of hydrogen-bond acceptors (Lipinski definition) is 3. The molecule has 1 heterocycles. The Hall–Kier alpha value is -1.42. The molecule has 0 amide bonds. The number of aromatic nitrogens is 2. The van der Waals surface area contributed by atoms with Gasteiger partial charge in [0.05, 0.1) is 0 Å². The second kappa shape index (κ2) is 4.84. The number of halogens is 1. The van der Waals surface area contributed by atoms with Crippen molar-refractivity contribution in [1.29, 1.82) is 0 Å². The Bertz CT molecular complexity index is 552. The van der Waals surface area contributed by atoms with Crippen LogP contribution in [0.3, 0.4) is 0 Å². The van der Waals surface area contributed by atoms with Crippen molar-refractivity contribution >= 4 is 21.7 Å². The number of nitrogens with two attached hydrogens (primary N) is 1. The largest absolute Gasteiger partial charge is 0.383 e. The Morgan fingerprint density at radius 1 is 1.24 bits per heavy atom. The highest BCUT2D eigenvalue weighted by molar-refractivity contribution is 9.10. The van der Waals surface area contributed by atoms with Crippen LogP contribution in [-0.2, 0) is 6.42 Å². The molecule has 2 aromatic rings. The molecule has 0 saturated heterocycles. The smallest absolute Gasteiger partial charge is 0.162 e. The highest BCUT2D eigenvalue weighted by Crippen LogP contribution is 2.27. The normalized spacial score (nSPS) is 10.5. The molecule has 1 aromatic carbocycles. The predicted molar refractivity (Wildman–Crippen MR) is 73.7 cm³/mol. The van der Waals surface area contributed by atoms with E-state index in [2.05, 4.69) is 32.8 Å². The Morgan fingerprint density at radius 3 is 2.59 bits per heavy atom. The maximum absolute atomic E-state index is 5.92. The molecular formula is C13H14BrN3. The molecular weight excluding hydrogens is 278 g/mol. The standard InChI is InChI=1S/C13H14BrN3/c1-3-11-8(2)12(15)17-13(16-11)9-6-4-5-7-10(9)14/h4-7H,3H2,1-2H3,(H2,15,16,17). The summed E-state index contributed by atoms with van der Waals surface area (Å²) in [6, 6.07) is 7.88. The Balaban J connectivity index is 2.61. The number of nitrogen functional groups attached to an aromatic ring is 1. The Labute approximate surface area is 109 Å². The van der Waals surface area contributed by atoms with E-state index in [0.717, 1.165) is 27.7 Å². The van der Waals surface area contributed by atoms with E-state index in [4.69, 9.17) is 5.73 Å². The SMILES string of the molecule is CCc1nc(-c2ccccc2Br)nc(N)c1C. The van der Waals surface area contributed by atoms with Crippen LogP contribution in [0.25, 0.3) is 11.4 Å². The highest BCUT2D eigenvalue weighted by Gasteiger charge is 2.10. The van der Waals surface area contributed by atoms with Crippen LogP contribution in [-0.4, -0.2) is 9.97 Å². The highest BCUT2D eigenvalue weighted by atomic mass is 79.9. The van der Waals surface area contributed by atoms with Crippen LogP contribution < -0.4 is 5.73 Å². The molecule has 0 spiro atoms. The summed E-state index contributed by atoms with van der Waals surface area (Å²) in [4.78, 5) is 8.91. The van der Waals surface area contributed by atoms with Gasteiger partial charge in [-0.3, -0.25) is 0 Å². The van der Waals surface area contributed by atoms with E-state index in [9.17, 15) is 0 Å². The van der Waals surface area contributed by atoms with Gasteiger partial charge in [-0.05, 0) is 19.4 Å². The number of nitrogens with zero attached hydrogens (tertiary/aromatic N) is 2. The van der Waals surface area contributed by atoms with Gasteiger partial charge in [-0.2, -0.15) is 0 Å². The molecule has 0 aliphatic carbocycles.